The molecule has 2 aliphatic rings. The zero-order valence-corrected chi connectivity index (χ0v) is 10.7. The molecule has 0 aliphatic heterocycles. The molecule has 4 heteroatoms. The summed E-state index contributed by atoms with van der Waals surface area (Å²) in [6.07, 6.45) is 6.87. The van der Waals surface area contributed by atoms with Crippen LogP contribution in [-0.2, 0) is 4.79 Å². The Labute approximate surface area is 103 Å². The molecule has 0 saturated heterocycles. The van der Waals surface area contributed by atoms with Crippen molar-refractivity contribution in [3.8, 4) is 0 Å². The van der Waals surface area contributed by atoms with Gasteiger partial charge >= 0.3 is 0 Å². The van der Waals surface area contributed by atoms with Crippen LogP contribution in [0.2, 0.25) is 0 Å². The average molecular weight is 240 g/mol. The number of hydrogen-bond donors (Lipinski definition) is 3. The third kappa shape index (κ3) is 3.42. The summed E-state index contributed by atoms with van der Waals surface area (Å²) in [6, 6.07) is 0.235. The van der Waals surface area contributed by atoms with Crippen LogP contribution in [0.3, 0.4) is 0 Å². The highest BCUT2D eigenvalue weighted by Crippen LogP contribution is 2.44. The molecule has 0 aromatic carbocycles. The number of nitrogens with one attached hydrogen (secondary N) is 2. The van der Waals surface area contributed by atoms with Crippen LogP contribution in [0.25, 0.3) is 0 Å². The van der Waals surface area contributed by atoms with E-state index in [4.69, 9.17) is 0 Å². The van der Waals surface area contributed by atoms with Gasteiger partial charge in [0.1, 0.15) is 0 Å². The van der Waals surface area contributed by atoms with Crippen LogP contribution in [0.1, 0.15) is 45.4 Å². The van der Waals surface area contributed by atoms with Gasteiger partial charge in [0.05, 0.1) is 6.04 Å². The maximum absolute atomic E-state index is 11.9. The molecular formula is C13H24N2O2. The molecule has 2 aliphatic carbocycles. The first-order chi connectivity index (χ1) is 8.15. The second-order valence-corrected chi connectivity index (χ2v) is 5.75. The number of amides is 1. The minimum Gasteiger partial charge on any atom is -0.396 e. The summed E-state index contributed by atoms with van der Waals surface area (Å²) in [6.45, 7) is 2.89. The zero-order chi connectivity index (χ0) is 12.3. The molecule has 0 spiro atoms. The van der Waals surface area contributed by atoms with Crippen molar-refractivity contribution >= 4 is 5.91 Å². The molecule has 2 saturated carbocycles. The van der Waals surface area contributed by atoms with Gasteiger partial charge in [0.2, 0.25) is 5.91 Å². The van der Waals surface area contributed by atoms with E-state index < -0.39 is 0 Å². The number of rotatable bonds is 6. The van der Waals surface area contributed by atoms with Gasteiger partial charge in [-0.05, 0) is 32.6 Å². The molecule has 0 aromatic heterocycles. The fraction of sp³-hybridized carbons (Fsp3) is 0.923. The first kappa shape index (κ1) is 12.8. The van der Waals surface area contributed by atoms with E-state index >= 15 is 0 Å². The number of aliphatic hydroxyl groups is 1. The van der Waals surface area contributed by atoms with Gasteiger partial charge in [0.25, 0.3) is 0 Å². The Bertz CT molecular complexity index is 271. The molecule has 4 nitrogen and oxygen atoms in total. The lowest BCUT2D eigenvalue weighted by atomic mass is 10.1. The van der Waals surface area contributed by atoms with Crippen LogP contribution in [-0.4, -0.2) is 36.2 Å². The topological polar surface area (TPSA) is 61.4 Å². The van der Waals surface area contributed by atoms with E-state index in [-0.39, 0.29) is 24.0 Å². The Morgan fingerprint density at radius 1 is 1.41 bits per heavy atom. The minimum atomic E-state index is -0.153. The predicted octanol–water partition coefficient (Wildman–Crippen LogP) is 0.796. The summed E-state index contributed by atoms with van der Waals surface area (Å²) in [5, 5.41) is 15.5. The molecule has 0 bridgehead atoms. The SMILES string of the molecule is CC(NCC1(CO)CC1)C(=O)NC1CCCC1. The van der Waals surface area contributed by atoms with E-state index in [0.29, 0.717) is 6.04 Å². The minimum absolute atomic E-state index is 0.0713. The molecule has 17 heavy (non-hydrogen) atoms. The number of carbonyl (C=O) groups is 1. The molecule has 1 unspecified atom stereocenters. The van der Waals surface area contributed by atoms with E-state index in [2.05, 4.69) is 10.6 Å². The molecule has 1 amide bonds. The molecule has 0 radical (unpaired) electrons. The van der Waals surface area contributed by atoms with E-state index in [9.17, 15) is 9.90 Å². The fourth-order valence-electron chi connectivity index (χ4n) is 2.43. The molecular weight excluding hydrogens is 216 g/mol. The summed E-state index contributed by atoms with van der Waals surface area (Å²) in [4.78, 5) is 11.9. The molecule has 0 aromatic rings. The van der Waals surface area contributed by atoms with Crippen molar-refractivity contribution in [2.45, 2.75) is 57.5 Å². The molecule has 2 fully saturated rings. The van der Waals surface area contributed by atoms with E-state index in [0.717, 1.165) is 32.2 Å². The normalized spacial score (nSPS) is 24.6. The van der Waals surface area contributed by atoms with E-state index in [1.54, 1.807) is 0 Å². The lowest BCUT2D eigenvalue weighted by Crippen LogP contribution is -2.47. The summed E-state index contributed by atoms with van der Waals surface area (Å²) >= 11 is 0. The first-order valence-electron chi connectivity index (χ1n) is 6.80. The van der Waals surface area contributed by atoms with E-state index in [1.807, 2.05) is 6.92 Å². The largest absolute Gasteiger partial charge is 0.396 e. The standard InChI is InChI=1S/C13H24N2O2/c1-10(14-8-13(9-16)6-7-13)12(17)15-11-4-2-3-5-11/h10-11,14,16H,2-9H2,1H3,(H,15,17). The van der Waals surface area contributed by atoms with Gasteiger partial charge in [-0.1, -0.05) is 12.8 Å². The Balaban J connectivity index is 1.67. The van der Waals surface area contributed by atoms with Crippen LogP contribution in [0.4, 0.5) is 0 Å². The molecule has 1 atom stereocenters. The third-order valence-corrected chi connectivity index (χ3v) is 4.17. The van der Waals surface area contributed by atoms with Gasteiger partial charge < -0.3 is 15.7 Å². The molecule has 3 N–H and O–H groups in total. The lowest BCUT2D eigenvalue weighted by Gasteiger charge is -2.20. The number of hydrogen-bond acceptors (Lipinski definition) is 3. The number of carbonyl (C=O) groups excluding carboxylic acids is 1. The third-order valence-electron chi connectivity index (χ3n) is 4.17. The van der Waals surface area contributed by atoms with Crippen molar-refractivity contribution in [2.75, 3.05) is 13.2 Å². The van der Waals surface area contributed by atoms with Gasteiger partial charge in [-0.3, -0.25) is 4.79 Å². The maximum atomic E-state index is 11.9. The van der Waals surface area contributed by atoms with Gasteiger partial charge in [0.15, 0.2) is 0 Å². The molecule has 2 rings (SSSR count). The monoisotopic (exact) mass is 240 g/mol. The summed E-state index contributed by atoms with van der Waals surface area (Å²) in [5.74, 6) is 0.102. The zero-order valence-electron chi connectivity index (χ0n) is 10.7. The van der Waals surface area contributed by atoms with Crippen LogP contribution >= 0.6 is 0 Å². The van der Waals surface area contributed by atoms with Crippen molar-refractivity contribution in [1.29, 1.82) is 0 Å². The lowest BCUT2D eigenvalue weighted by molar-refractivity contribution is -0.123. The highest BCUT2D eigenvalue weighted by atomic mass is 16.3. The Morgan fingerprint density at radius 2 is 2.06 bits per heavy atom. The maximum Gasteiger partial charge on any atom is 0.237 e. The summed E-state index contributed by atoms with van der Waals surface area (Å²) in [7, 11) is 0. The first-order valence-corrected chi connectivity index (χ1v) is 6.80. The quantitative estimate of drug-likeness (QED) is 0.643. The van der Waals surface area contributed by atoms with Crippen molar-refractivity contribution < 1.29 is 9.90 Å². The Kier molecular flexibility index (Phi) is 4.05. The Morgan fingerprint density at radius 3 is 2.59 bits per heavy atom. The average Bonchev–Trinajstić information content (AvgIpc) is 2.95. The smallest absolute Gasteiger partial charge is 0.237 e. The fourth-order valence-corrected chi connectivity index (χ4v) is 2.43. The molecule has 98 valence electrons. The van der Waals surface area contributed by atoms with E-state index in [1.165, 1.54) is 12.8 Å². The van der Waals surface area contributed by atoms with Crippen molar-refractivity contribution in [3.05, 3.63) is 0 Å². The van der Waals surface area contributed by atoms with Crippen LogP contribution in [0.5, 0.6) is 0 Å². The highest BCUT2D eigenvalue weighted by molar-refractivity contribution is 5.81. The highest BCUT2D eigenvalue weighted by Gasteiger charge is 2.42. The Hall–Kier alpha value is -0.610. The number of aliphatic hydroxyl groups excluding tert-OH is 1. The summed E-state index contributed by atoms with van der Waals surface area (Å²) < 4.78 is 0. The van der Waals surface area contributed by atoms with Crippen molar-refractivity contribution in [2.24, 2.45) is 5.41 Å². The van der Waals surface area contributed by atoms with Crippen LogP contribution < -0.4 is 10.6 Å². The predicted molar refractivity (Wildman–Crippen MR) is 66.6 cm³/mol. The van der Waals surface area contributed by atoms with Crippen LogP contribution in [0, 0.1) is 5.41 Å². The second kappa shape index (κ2) is 5.36. The van der Waals surface area contributed by atoms with Gasteiger partial charge in [-0.25, -0.2) is 0 Å². The van der Waals surface area contributed by atoms with Crippen molar-refractivity contribution in [1.82, 2.24) is 10.6 Å². The van der Waals surface area contributed by atoms with Gasteiger partial charge in [0, 0.05) is 24.6 Å². The second-order valence-electron chi connectivity index (χ2n) is 5.75. The molecule has 0 heterocycles. The van der Waals surface area contributed by atoms with Gasteiger partial charge in [-0.15, -0.1) is 0 Å². The van der Waals surface area contributed by atoms with Crippen molar-refractivity contribution in [3.63, 3.8) is 0 Å². The van der Waals surface area contributed by atoms with Gasteiger partial charge in [-0.2, -0.15) is 0 Å². The van der Waals surface area contributed by atoms with Crippen LogP contribution in [0.15, 0.2) is 0 Å². The summed E-state index contributed by atoms with van der Waals surface area (Å²) in [5.41, 5.74) is 0.0713.